The summed E-state index contributed by atoms with van der Waals surface area (Å²) in [5.74, 6) is -0.249. The Morgan fingerprint density at radius 3 is 2.30 bits per heavy atom. The molecule has 0 spiro atoms. The van der Waals surface area contributed by atoms with Crippen molar-refractivity contribution in [2.45, 2.75) is 19.4 Å². The van der Waals surface area contributed by atoms with E-state index in [1.807, 2.05) is 0 Å². The van der Waals surface area contributed by atoms with E-state index in [2.05, 4.69) is 0 Å². The first-order chi connectivity index (χ1) is 4.74. The van der Waals surface area contributed by atoms with Crippen molar-refractivity contribution in [3.05, 3.63) is 0 Å². The summed E-state index contributed by atoms with van der Waals surface area (Å²) >= 11 is 0. The third-order valence-electron chi connectivity index (χ3n) is 1.11. The standard InChI is InChI=1S/C6H14N2O2/c1-2-6(9)10-5(3-7)4-8/h5H,2-4,7-8H2,1H3. The van der Waals surface area contributed by atoms with E-state index in [4.69, 9.17) is 16.2 Å². The number of rotatable bonds is 4. The maximum absolute atomic E-state index is 10.6. The number of carbonyl (C=O) groups is 1. The number of hydrogen-bond donors (Lipinski definition) is 2. The van der Waals surface area contributed by atoms with Crippen LogP contribution in [0.25, 0.3) is 0 Å². The van der Waals surface area contributed by atoms with Gasteiger partial charge in [-0.2, -0.15) is 0 Å². The Morgan fingerprint density at radius 1 is 1.50 bits per heavy atom. The second-order valence-electron chi connectivity index (χ2n) is 1.94. The van der Waals surface area contributed by atoms with E-state index >= 15 is 0 Å². The third-order valence-corrected chi connectivity index (χ3v) is 1.11. The molecule has 0 aliphatic heterocycles. The fraction of sp³-hybridized carbons (Fsp3) is 0.833. The fourth-order valence-electron chi connectivity index (χ4n) is 0.462. The molecule has 0 aromatic carbocycles. The van der Waals surface area contributed by atoms with Crippen LogP contribution < -0.4 is 11.5 Å². The van der Waals surface area contributed by atoms with Crippen LogP contribution in [0.3, 0.4) is 0 Å². The van der Waals surface area contributed by atoms with E-state index < -0.39 is 0 Å². The summed E-state index contributed by atoms with van der Waals surface area (Å²) in [6, 6.07) is 0. The molecule has 0 aromatic heterocycles. The second-order valence-corrected chi connectivity index (χ2v) is 1.94. The van der Waals surface area contributed by atoms with E-state index in [1.54, 1.807) is 6.92 Å². The molecule has 4 N–H and O–H groups in total. The molecule has 0 amide bonds. The maximum Gasteiger partial charge on any atom is 0.305 e. The van der Waals surface area contributed by atoms with E-state index in [0.29, 0.717) is 19.5 Å². The fourth-order valence-corrected chi connectivity index (χ4v) is 0.462. The number of carbonyl (C=O) groups excluding carboxylic acids is 1. The van der Waals surface area contributed by atoms with Gasteiger partial charge in [0.05, 0.1) is 0 Å². The van der Waals surface area contributed by atoms with E-state index in [-0.39, 0.29) is 12.1 Å². The molecule has 0 unspecified atom stereocenters. The third kappa shape index (κ3) is 3.42. The average Bonchev–Trinajstić information content (AvgIpc) is 1.99. The van der Waals surface area contributed by atoms with Gasteiger partial charge in [-0.1, -0.05) is 6.92 Å². The first-order valence-corrected chi connectivity index (χ1v) is 3.34. The zero-order valence-electron chi connectivity index (χ0n) is 6.17. The van der Waals surface area contributed by atoms with Gasteiger partial charge in [0.2, 0.25) is 0 Å². The van der Waals surface area contributed by atoms with Crippen molar-refractivity contribution in [3.8, 4) is 0 Å². The van der Waals surface area contributed by atoms with Crippen LogP contribution in [0.1, 0.15) is 13.3 Å². The Hall–Kier alpha value is -0.610. The maximum atomic E-state index is 10.6. The van der Waals surface area contributed by atoms with E-state index in [9.17, 15) is 4.79 Å². The largest absolute Gasteiger partial charge is 0.460 e. The molecule has 0 heterocycles. The number of nitrogens with two attached hydrogens (primary N) is 2. The van der Waals surface area contributed by atoms with Crippen molar-refractivity contribution in [3.63, 3.8) is 0 Å². The molecule has 0 aromatic rings. The monoisotopic (exact) mass is 146 g/mol. The highest BCUT2D eigenvalue weighted by molar-refractivity contribution is 5.69. The minimum absolute atomic E-state index is 0.249. The zero-order chi connectivity index (χ0) is 7.98. The van der Waals surface area contributed by atoms with Crippen molar-refractivity contribution in [1.82, 2.24) is 0 Å². The van der Waals surface area contributed by atoms with Crippen LogP contribution in [0, 0.1) is 0 Å². The lowest BCUT2D eigenvalue weighted by Gasteiger charge is -2.12. The van der Waals surface area contributed by atoms with Crippen molar-refractivity contribution < 1.29 is 9.53 Å². The molecular formula is C6H14N2O2. The van der Waals surface area contributed by atoms with Crippen LogP contribution in [0.2, 0.25) is 0 Å². The van der Waals surface area contributed by atoms with Crippen LogP contribution in [0.5, 0.6) is 0 Å². The molecule has 0 atom stereocenters. The number of esters is 1. The van der Waals surface area contributed by atoms with Crippen LogP contribution in [-0.4, -0.2) is 25.2 Å². The molecule has 4 nitrogen and oxygen atoms in total. The van der Waals surface area contributed by atoms with Gasteiger partial charge in [-0.15, -0.1) is 0 Å². The smallest absolute Gasteiger partial charge is 0.305 e. The van der Waals surface area contributed by atoms with Crippen molar-refractivity contribution in [2.24, 2.45) is 11.5 Å². The molecular weight excluding hydrogens is 132 g/mol. The first kappa shape index (κ1) is 9.39. The normalized spacial score (nSPS) is 10.0. The molecule has 4 heteroatoms. The van der Waals surface area contributed by atoms with Crippen LogP contribution in [0.4, 0.5) is 0 Å². The van der Waals surface area contributed by atoms with Crippen LogP contribution in [-0.2, 0) is 9.53 Å². The summed E-state index contributed by atoms with van der Waals surface area (Å²) in [6.07, 6.45) is 0.0590. The Morgan fingerprint density at radius 2 is 2.00 bits per heavy atom. The highest BCUT2D eigenvalue weighted by Crippen LogP contribution is 1.90. The summed E-state index contributed by atoms with van der Waals surface area (Å²) in [5, 5.41) is 0. The molecule has 0 fully saturated rings. The lowest BCUT2D eigenvalue weighted by atomic mass is 10.3. The SMILES string of the molecule is CCC(=O)OC(CN)CN. The Labute approximate surface area is 60.5 Å². The Balaban J connectivity index is 3.52. The van der Waals surface area contributed by atoms with Gasteiger partial charge in [0.1, 0.15) is 6.10 Å². The Bertz CT molecular complexity index is 102. The molecule has 0 aliphatic rings. The van der Waals surface area contributed by atoms with Crippen LogP contribution in [0.15, 0.2) is 0 Å². The Kier molecular flexibility index (Phi) is 4.88. The van der Waals surface area contributed by atoms with Gasteiger partial charge in [0.25, 0.3) is 0 Å². The highest BCUT2D eigenvalue weighted by Gasteiger charge is 2.07. The number of hydrogen-bond acceptors (Lipinski definition) is 4. The van der Waals surface area contributed by atoms with Gasteiger partial charge in [-0.05, 0) is 0 Å². The highest BCUT2D eigenvalue weighted by atomic mass is 16.5. The number of ether oxygens (including phenoxy) is 1. The molecule has 0 radical (unpaired) electrons. The minimum atomic E-state index is -0.313. The van der Waals surface area contributed by atoms with E-state index in [0.717, 1.165) is 0 Å². The van der Waals surface area contributed by atoms with Gasteiger partial charge in [0, 0.05) is 19.5 Å². The van der Waals surface area contributed by atoms with Gasteiger partial charge in [-0.25, -0.2) is 0 Å². The summed E-state index contributed by atoms with van der Waals surface area (Å²) in [6.45, 7) is 2.32. The topological polar surface area (TPSA) is 78.3 Å². The summed E-state index contributed by atoms with van der Waals surface area (Å²) in [5.41, 5.74) is 10.5. The quantitative estimate of drug-likeness (QED) is 0.510. The predicted octanol–water partition coefficient (Wildman–Crippen LogP) is -0.774. The minimum Gasteiger partial charge on any atom is -0.460 e. The second kappa shape index (κ2) is 5.20. The van der Waals surface area contributed by atoms with Gasteiger partial charge in [0.15, 0.2) is 0 Å². The summed E-state index contributed by atoms with van der Waals surface area (Å²) < 4.78 is 4.81. The molecule has 10 heavy (non-hydrogen) atoms. The van der Waals surface area contributed by atoms with Gasteiger partial charge >= 0.3 is 5.97 Å². The van der Waals surface area contributed by atoms with Crippen molar-refractivity contribution in [1.29, 1.82) is 0 Å². The predicted molar refractivity (Wildman–Crippen MR) is 38.3 cm³/mol. The molecule has 0 aliphatic carbocycles. The van der Waals surface area contributed by atoms with Gasteiger partial charge in [-0.3, -0.25) is 4.79 Å². The molecule has 0 bridgehead atoms. The summed E-state index contributed by atoms with van der Waals surface area (Å²) in [4.78, 5) is 10.6. The molecule has 0 saturated heterocycles. The summed E-state index contributed by atoms with van der Waals surface area (Å²) in [7, 11) is 0. The first-order valence-electron chi connectivity index (χ1n) is 3.34. The lowest BCUT2D eigenvalue weighted by molar-refractivity contribution is -0.147. The van der Waals surface area contributed by atoms with Crippen molar-refractivity contribution >= 4 is 5.97 Å². The lowest BCUT2D eigenvalue weighted by Crippen LogP contribution is -2.33. The average molecular weight is 146 g/mol. The van der Waals surface area contributed by atoms with Crippen LogP contribution >= 0.6 is 0 Å². The molecule has 60 valence electrons. The van der Waals surface area contributed by atoms with E-state index in [1.165, 1.54) is 0 Å². The molecule has 0 rings (SSSR count). The van der Waals surface area contributed by atoms with Crippen molar-refractivity contribution in [2.75, 3.05) is 13.1 Å². The molecule has 0 saturated carbocycles. The zero-order valence-corrected chi connectivity index (χ0v) is 6.17. The van der Waals surface area contributed by atoms with Gasteiger partial charge < -0.3 is 16.2 Å².